The summed E-state index contributed by atoms with van der Waals surface area (Å²) in [6, 6.07) is 0. The second-order valence-electron chi connectivity index (χ2n) is 1.71. The van der Waals surface area contributed by atoms with Crippen LogP contribution in [0, 0.1) is 0 Å². The van der Waals surface area contributed by atoms with Crippen molar-refractivity contribution in [3.63, 3.8) is 0 Å². The lowest BCUT2D eigenvalue weighted by Crippen LogP contribution is -1.95. The van der Waals surface area contributed by atoms with E-state index in [1.807, 2.05) is 37.4 Å². The molecule has 0 radical (unpaired) electrons. The summed E-state index contributed by atoms with van der Waals surface area (Å²) in [5, 5.41) is 0.812. The maximum atomic E-state index is 4.99. The summed E-state index contributed by atoms with van der Waals surface area (Å²) in [5.41, 5.74) is 0. The zero-order chi connectivity index (χ0) is 7.98. The van der Waals surface area contributed by atoms with Gasteiger partial charge in [-0.2, -0.15) is 0 Å². The Morgan fingerprint density at radius 2 is 2.20 bits per heavy atom. The highest BCUT2D eigenvalue weighted by molar-refractivity contribution is 8.49. The van der Waals surface area contributed by atoms with Gasteiger partial charge in [0.25, 0.3) is 0 Å². The molecule has 10 heavy (non-hydrogen) atoms. The first-order valence-corrected chi connectivity index (χ1v) is 5.93. The van der Waals surface area contributed by atoms with Crippen LogP contribution in [0.5, 0.6) is 0 Å². The molecule has 0 bridgehead atoms. The van der Waals surface area contributed by atoms with Crippen LogP contribution in [0.15, 0.2) is 0 Å². The average Bonchev–Trinajstić information content (AvgIpc) is 2.40. The summed E-state index contributed by atoms with van der Waals surface area (Å²) in [6.45, 7) is 6.21. The van der Waals surface area contributed by atoms with E-state index in [9.17, 15) is 0 Å². The molecule has 1 rings (SSSR count). The summed E-state index contributed by atoms with van der Waals surface area (Å²) in [7, 11) is 0. The Morgan fingerprint density at radius 1 is 1.60 bits per heavy atom. The van der Waals surface area contributed by atoms with Crippen molar-refractivity contribution >= 4 is 39.3 Å². The highest BCUT2D eigenvalue weighted by atomic mass is 32.2. The third kappa shape index (κ3) is 3.84. The number of thiocarbonyl (C=S) groups is 1. The largest absolute Gasteiger partial charge is 0.107 e. The Morgan fingerprint density at radius 3 is 2.40 bits per heavy atom. The predicted molar refractivity (Wildman–Crippen MR) is 58.1 cm³/mol. The third-order valence-electron chi connectivity index (χ3n) is 1.11. The second kappa shape index (κ2) is 6.50. The van der Waals surface area contributed by atoms with Gasteiger partial charge < -0.3 is 0 Å². The maximum absolute atomic E-state index is 4.99. The lowest BCUT2D eigenvalue weighted by molar-refractivity contribution is 0.926. The SMILES string of the molecule is CC.CCC1CSC(=S)S1. The molecule has 0 aromatic carbocycles. The fourth-order valence-corrected chi connectivity index (χ4v) is 3.54. The van der Waals surface area contributed by atoms with E-state index in [4.69, 9.17) is 12.2 Å². The van der Waals surface area contributed by atoms with Crippen molar-refractivity contribution in [2.45, 2.75) is 32.4 Å². The van der Waals surface area contributed by atoms with Crippen LogP contribution in [0.4, 0.5) is 0 Å². The van der Waals surface area contributed by atoms with E-state index in [2.05, 4.69) is 6.92 Å². The van der Waals surface area contributed by atoms with Gasteiger partial charge in [-0.25, -0.2) is 0 Å². The first-order chi connectivity index (χ1) is 4.83. The molecular formula is C7H14S3. The van der Waals surface area contributed by atoms with Gasteiger partial charge in [0, 0.05) is 11.0 Å². The molecule has 1 saturated heterocycles. The number of thioether (sulfide) groups is 2. The lowest BCUT2D eigenvalue weighted by Gasteiger charge is -1.97. The van der Waals surface area contributed by atoms with Gasteiger partial charge >= 0.3 is 0 Å². The quantitative estimate of drug-likeness (QED) is 0.586. The fraction of sp³-hybridized carbons (Fsp3) is 0.857. The van der Waals surface area contributed by atoms with Crippen LogP contribution in [0.2, 0.25) is 0 Å². The van der Waals surface area contributed by atoms with Gasteiger partial charge in [-0.1, -0.05) is 33.0 Å². The smallest absolute Gasteiger partial charge is 0.104 e. The van der Waals surface area contributed by atoms with Gasteiger partial charge in [-0.05, 0) is 6.42 Å². The molecule has 1 heterocycles. The van der Waals surface area contributed by atoms with Crippen LogP contribution in [-0.2, 0) is 0 Å². The Labute approximate surface area is 77.5 Å². The van der Waals surface area contributed by atoms with Crippen molar-refractivity contribution in [2.75, 3.05) is 5.75 Å². The summed E-state index contributed by atoms with van der Waals surface area (Å²) in [6.07, 6.45) is 1.26. The molecule has 1 unspecified atom stereocenters. The van der Waals surface area contributed by atoms with Crippen LogP contribution >= 0.6 is 35.7 Å². The molecule has 60 valence electrons. The molecule has 1 atom stereocenters. The highest BCUT2D eigenvalue weighted by Gasteiger charge is 2.18. The molecule has 0 spiro atoms. The molecule has 0 aromatic heterocycles. The average molecular weight is 194 g/mol. The van der Waals surface area contributed by atoms with Crippen molar-refractivity contribution in [1.82, 2.24) is 0 Å². The minimum Gasteiger partial charge on any atom is -0.107 e. The molecule has 0 N–H and O–H groups in total. The molecule has 0 aliphatic carbocycles. The van der Waals surface area contributed by atoms with E-state index in [-0.39, 0.29) is 0 Å². The monoisotopic (exact) mass is 194 g/mol. The molecule has 0 aromatic rings. The van der Waals surface area contributed by atoms with E-state index in [1.54, 1.807) is 0 Å². The van der Waals surface area contributed by atoms with Crippen molar-refractivity contribution in [3.05, 3.63) is 0 Å². The minimum atomic E-state index is 0.812. The van der Waals surface area contributed by atoms with Gasteiger partial charge in [0.1, 0.15) is 3.53 Å². The molecule has 1 aliphatic heterocycles. The Balaban J connectivity index is 0.000000371. The Bertz CT molecular complexity index is 101. The van der Waals surface area contributed by atoms with Crippen LogP contribution < -0.4 is 0 Å². The third-order valence-corrected chi connectivity index (χ3v) is 4.43. The fourth-order valence-electron chi connectivity index (χ4n) is 0.566. The van der Waals surface area contributed by atoms with Crippen molar-refractivity contribution in [3.8, 4) is 0 Å². The van der Waals surface area contributed by atoms with E-state index in [0.29, 0.717) is 0 Å². The molecular weight excluding hydrogens is 180 g/mol. The van der Waals surface area contributed by atoms with Gasteiger partial charge in [0.15, 0.2) is 0 Å². The van der Waals surface area contributed by atoms with Gasteiger partial charge in [-0.3, -0.25) is 0 Å². The Hall–Kier alpha value is 0.790. The highest BCUT2D eigenvalue weighted by Crippen LogP contribution is 2.34. The molecule has 0 saturated carbocycles. The van der Waals surface area contributed by atoms with Gasteiger partial charge in [-0.15, -0.1) is 23.5 Å². The van der Waals surface area contributed by atoms with Crippen LogP contribution in [0.1, 0.15) is 27.2 Å². The molecule has 1 aliphatic rings. The second-order valence-corrected chi connectivity index (χ2v) is 5.23. The standard InChI is InChI=1S/C5H8S3.C2H6/c1-2-4-3-7-5(6)8-4;1-2/h4H,2-3H2,1H3;1-2H3. The van der Waals surface area contributed by atoms with Crippen LogP contribution in [0.3, 0.4) is 0 Å². The number of rotatable bonds is 1. The van der Waals surface area contributed by atoms with Crippen molar-refractivity contribution in [2.24, 2.45) is 0 Å². The predicted octanol–water partition coefficient (Wildman–Crippen LogP) is 3.56. The first kappa shape index (κ1) is 10.8. The summed E-state index contributed by atoms with van der Waals surface area (Å²) in [5.74, 6) is 1.24. The first-order valence-electron chi connectivity index (χ1n) is 3.66. The zero-order valence-electron chi connectivity index (χ0n) is 6.72. The summed E-state index contributed by atoms with van der Waals surface area (Å²) in [4.78, 5) is 0. The topological polar surface area (TPSA) is 0 Å². The summed E-state index contributed by atoms with van der Waals surface area (Å²) >= 11 is 8.67. The van der Waals surface area contributed by atoms with Crippen molar-refractivity contribution in [1.29, 1.82) is 0 Å². The molecule has 0 amide bonds. The van der Waals surface area contributed by atoms with E-state index < -0.39 is 0 Å². The maximum Gasteiger partial charge on any atom is 0.104 e. The molecule has 0 nitrogen and oxygen atoms in total. The van der Waals surface area contributed by atoms with Crippen LogP contribution in [0.25, 0.3) is 0 Å². The van der Waals surface area contributed by atoms with E-state index >= 15 is 0 Å². The van der Waals surface area contributed by atoms with Gasteiger partial charge in [0.2, 0.25) is 0 Å². The lowest BCUT2D eigenvalue weighted by atomic mass is 10.4. The normalized spacial score (nSPS) is 23.9. The van der Waals surface area contributed by atoms with Crippen LogP contribution in [-0.4, -0.2) is 14.5 Å². The Kier molecular flexibility index (Phi) is 7.01. The van der Waals surface area contributed by atoms with Crippen molar-refractivity contribution < 1.29 is 0 Å². The number of hydrogen-bond acceptors (Lipinski definition) is 3. The number of hydrogen-bond donors (Lipinski definition) is 0. The zero-order valence-corrected chi connectivity index (χ0v) is 9.17. The minimum absolute atomic E-state index is 0.812. The molecule has 3 heteroatoms. The van der Waals surface area contributed by atoms with E-state index in [1.165, 1.54) is 12.2 Å². The van der Waals surface area contributed by atoms with Gasteiger partial charge in [0.05, 0.1) is 0 Å². The van der Waals surface area contributed by atoms with E-state index in [0.717, 1.165) is 8.78 Å². The molecule has 1 fully saturated rings. The summed E-state index contributed by atoms with van der Waals surface area (Å²) < 4.78 is 1.14.